The quantitative estimate of drug-likeness (QED) is 0.411. The fourth-order valence-electron chi connectivity index (χ4n) is 4.59. The number of aryl methyl sites for hydroxylation is 1. The van der Waals surface area contributed by atoms with Crippen molar-refractivity contribution in [2.45, 2.75) is 43.7 Å². The van der Waals surface area contributed by atoms with Crippen molar-refractivity contribution in [1.29, 1.82) is 0 Å². The van der Waals surface area contributed by atoms with Gasteiger partial charge in [-0.2, -0.15) is 0 Å². The van der Waals surface area contributed by atoms with Crippen LogP contribution in [0.5, 0.6) is 23.0 Å². The highest BCUT2D eigenvalue weighted by molar-refractivity contribution is 7.92. The third-order valence-corrected chi connectivity index (χ3v) is 8.34. The van der Waals surface area contributed by atoms with Gasteiger partial charge in [0.1, 0.15) is 35.1 Å². The number of carbonyl (C=O) groups is 1. The van der Waals surface area contributed by atoms with Crippen LogP contribution < -0.4 is 28.6 Å². The van der Waals surface area contributed by atoms with Crippen molar-refractivity contribution in [3.8, 4) is 23.0 Å². The minimum atomic E-state index is -4.16. The van der Waals surface area contributed by atoms with Gasteiger partial charge in [0, 0.05) is 24.1 Å². The second-order valence-corrected chi connectivity index (χ2v) is 11.8. The predicted molar refractivity (Wildman–Crippen MR) is 148 cm³/mol. The molecule has 1 aliphatic heterocycles. The summed E-state index contributed by atoms with van der Waals surface area (Å²) in [4.78, 5) is 13.6. The van der Waals surface area contributed by atoms with E-state index in [0.717, 1.165) is 15.4 Å². The monoisotopic (exact) mass is 554 g/mol. The lowest BCUT2D eigenvalue weighted by Gasteiger charge is -2.38. The lowest BCUT2D eigenvalue weighted by Crippen LogP contribution is -2.45. The van der Waals surface area contributed by atoms with Crippen molar-refractivity contribution in [3.05, 3.63) is 71.8 Å². The minimum absolute atomic E-state index is 0.0513. The van der Waals surface area contributed by atoms with Crippen molar-refractivity contribution < 1.29 is 32.2 Å². The lowest BCUT2D eigenvalue weighted by molar-refractivity contribution is -0.120. The van der Waals surface area contributed by atoms with Crippen molar-refractivity contribution in [3.63, 3.8) is 0 Å². The molecule has 1 N–H and O–H groups in total. The van der Waals surface area contributed by atoms with Gasteiger partial charge in [-0.15, -0.1) is 0 Å². The number of methoxy groups -OCH3 is 3. The summed E-state index contributed by atoms with van der Waals surface area (Å²) in [7, 11) is 0.338. The minimum Gasteiger partial charge on any atom is -0.497 e. The molecule has 0 aliphatic carbocycles. The molecule has 0 fully saturated rings. The number of sulfonamides is 1. The van der Waals surface area contributed by atoms with Crippen LogP contribution in [-0.4, -0.2) is 47.8 Å². The normalized spacial score (nSPS) is 15.9. The third-order valence-electron chi connectivity index (χ3n) is 6.56. The summed E-state index contributed by atoms with van der Waals surface area (Å²) in [6.45, 7) is 5.26. The summed E-state index contributed by atoms with van der Waals surface area (Å²) < 4.78 is 51.2. The maximum absolute atomic E-state index is 13.9. The fraction of sp³-hybridized carbons (Fsp3) is 0.345. The zero-order valence-electron chi connectivity index (χ0n) is 23.0. The summed E-state index contributed by atoms with van der Waals surface area (Å²) in [6.07, 6.45) is 0.491. The Morgan fingerprint density at radius 1 is 0.974 bits per heavy atom. The van der Waals surface area contributed by atoms with Gasteiger partial charge in [-0.1, -0.05) is 17.7 Å². The van der Waals surface area contributed by atoms with E-state index in [-0.39, 0.29) is 16.3 Å². The van der Waals surface area contributed by atoms with Gasteiger partial charge in [0.25, 0.3) is 10.0 Å². The van der Waals surface area contributed by atoms with Crippen LogP contribution in [0.1, 0.15) is 37.4 Å². The van der Waals surface area contributed by atoms with Crippen LogP contribution >= 0.6 is 0 Å². The summed E-state index contributed by atoms with van der Waals surface area (Å²) >= 11 is 0. The highest BCUT2D eigenvalue weighted by Crippen LogP contribution is 2.41. The Hall–Kier alpha value is -3.92. The molecule has 1 aliphatic rings. The maximum atomic E-state index is 13.9. The molecule has 0 saturated heterocycles. The number of benzene rings is 3. The zero-order valence-corrected chi connectivity index (χ0v) is 23.8. The van der Waals surface area contributed by atoms with Crippen LogP contribution in [0.2, 0.25) is 0 Å². The first-order chi connectivity index (χ1) is 18.5. The topological polar surface area (TPSA) is 103 Å². The van der Waals surface area contributed by atoms with E-state index in [1.54, 1.807) is 43.5 Å². The number of rotatable bonds is 9. The van der Waals surface area contributed by atoms with Crippen molar-refractivity contribution >= 4 is 21.6 Å². The van der Waals surface area contributed by atoms with Gasteiger partial charge >= 0.3 is 0 Å². The number of nitrogens with zero attached hydrogens (tertiary/aromatic N) is 1. The fourth-order valence-corrected chi connectivity index (χ4v) is 6.01. The van der Waals surface area contributed by atoms with E-state index < -0.39 is 34.1 Å². The third kappa shape index (κ3) is 6.06. The number of nitrogens with one attached hydrogen (secondary N) is 1. The first-order valence-corrected chi connectivity index (χ1v) is 13.9. The van der Waals surface area contributed by atoms with Crippen LogP contribution in [0.15, 0.2) is 65.6 Å². The molecule has 1 amide bonds. The lowest BCUT2D eigenvalue weighted by atomic mass is 9.89. The molecule has 0 bridgehead atoms. The SMILES string of the molecule is COc1ccc2c(c1)OC(C)(C)CC2NC(=O)CN(c1cc(OC)ccc1OC)S(=O)(=O)c1ccc(C)cc1. The smallest absolute Gasteiger partial charge is 0.264 e. The van der Waals surface area contributed by atoms with Crippen LogP contribution in [0.4, 0.5) is 5.69 Å². The maximum Gasteiger partial charge on any atom is 0.264 e. The molecule has 0 spiro atoms. The molecule has 0 radical (unpaired) electrons. The van der Waals surface area contributed by atoms with E-state index in [2.05, 4.69) is 5.32 Å². The highest BCUT2D eigenvalue weighted by atomic mass is 32.2. The van der Waals surface area contributed by atoms with Gasteiger partial charge in [0.15, 0.2) is 0 Å². The molecule has 1 unspecified atom stereocenters. The Labute approximate surface area is 229 Å². The van der Waals surface area contributed by atoms with Gasteiger partial charge in [0.2, 0.25) is 5.91 Å². The summed E-state index contributed by atoms with van der Waals surface area (Å²) in [5.74, 6) is 1.46. The number of carbonyl (C=O) groups excluding carboxylic acids is 1. The van der Waals surface area contributed by atoms with Crippen LogP contribution in [-0.2, 0) is 14.8 Å². The molecule has 1 atom stereocenters. The number of hydrogen-bond acceptors (Lipinski definition) is 7. The highest BCUT2D eigenvalue weighted by Gasteiger charge is 2.36. The Balaban J connectivity index is 1.72. The molecule has 4 rings (SSSR count). The van der Waals surface area contributed by atoms with Gasteiger partial charge < -0.3 is 24.3 Å². The van der Waals surface area contributed by atoms with E-state index in [1.807, 2.05) is 26.8 Å². The van der Waals surface area contributed by atoms with Crippen LogP contribution in [0.25, 0.3) is 0 Å². The number of fused-ring (bicyclic) bond motifs is 1. The van der Waals surface area contributed by atoms with E-state index in [4.69, 9.17) is 18.9 Å². The van der Waals surface area contributed by atoms with Gasteiger partial charge in [-0.3, -0.25) is 9.10 Å². The second kappa shape index (κ2) is 11.1. The second-order valence-electron chi connectivity index (χ2n) is 9.95. The van der Waals surface area contributed by atoms with Crippen molar-refractivity contribution in [2.24, 2.45) is 0 Å². The molecular formula is C29H34N2O7S. The molecule has 208 valence electrons. The number of amides is 1. The van der Waals surface area contributed by atoms with E-state index in [9.17, 15) is 13.2 Å². The Morgan fingerprint density at radius 2 is 1.62 bits per heavy atom. The molecule has 9 nitrogen and oxygen atoms in total. The first kappa shape index (κ1) is 28.1. The standard InChI is InChI=1S/C29H34N2O7S/c1-19-7-11-22(12-8-19)39(33,34)31(25-15-20(35-4)10-14-26(25)37-6)18-28(32)30-24-17-29(2,3)38-27-16-21(36-5)9-13-23(24)27/h7-16,24H,17-18H2,1-6H3,(H,30,32). The van der Waals surface area contributed by atoms with E-state index >= 15 is 0 Å². The zero-order chi connectivity index (χ0) is 28.4. The van der Waals surface area contributed by atoms with Crippen molar-refractivity contribution in [2.75, 3.05) is 32.2 Å². The number of anilines is 1. The van der Waals surface area contributed by atoms with Gasteiger partial charge in [0.05, 0.1) is 38.0 Å². The average molecular weight is 555 g/mol. The largest absolute Gasteiger partial charge is 0.497 e. The van der Waals surface area contributed by atoms with Gasteiger partial charge in [-0.05, 0) is 57.2 Å². The molecule has 3 aromatic carbocycles. The molecular weight excluding hydrogens is 520 g/mol. The molecule has 39 heavy (non-hydrogen) atoms. The summed E-state index contributed by atoms with van der Waals surface area (Å²) in [5.41, 5.74) is 1.32. The Bertz CT molecular complexity index is 1450. The predicted octanol–water partition coefficient (Wildman–Crippen LogP) is 4.63. The Kier molecular flexibility index (Phi) is 7.96. The van der Waals surface area contributed by atoms with E-state index in [0.29, 0.717) is 23.7 Å². The van der Waals surface area contributed by atoms with Gasteiger partial charge in [-0.25, -0.2) is 8.42 Å². The first-order valence-electron chi connectivity index (χ1n) is 12.4. The van der Waals surface area contributed by atoms with Crippen LogP contribution in [0.3, 0.4) is 0 Å². The summed E-state index contributed by atoms with van der Waals surface area (Å²) in [6, 6.07) is 16.3. The molecule has 0 aromatic heterocycles. The molecule has 0 saturated carbocycles. The molecule has 3 aromatic rings. The van der Waals surface area contributed by atoms with Crippen LogP contribution in [0, 0.1) is 6.92 Å². The number of ether oxygens (including phenoxy) is 4. The van der Waals surface area contributed by atoms with Crippen molar-refractivity contribution in [1.82, 2.24) is 5.32 Å². The van der Waals surface area contributed by atoms with E-state index in [1.165, 1.54) is 32.4 Å². The average Bonchev–Trinajstić information content (AvgIpc) is 2.90. The molecule has 1 heterocycles. The Morgan fingerprint density at radius 3 is 2.26 bits per heavy atom. The molecule has 10 heteroatoms. The number of hydrogen-bond donors (Lipinski definition) is 1. The summed E-state index contributed by atoms with van der Waals surface area (Å²) in [5, 5.41) is 3.03.